The number of ether oxygens (including phenoxy) is 4. The maximum Gasteiger partial charge on any atom is 0.573 e. The number of alkyl halides is 14. The molecule has 0 spiro atoms. The van der Waals surface area contributed by atoms with Crippen LogP contribution in [0.15, 0.2) is 72.8 Å². The molecule has 4 aromatic carbocycles. The van der Waals surface area contributed by atoms with Crippen molar-refractivity contribution in [1.82, 2.24) is 0 Å². The molecule has 0 aliphatic rings. The molecule has 4 rings (SSSR count). The van der Waals surface area contributed by atoms with E-state index in [2.05, 4.69) is 32.8 Å². The second kappa shape index (κ2) is 31.4. The summed E-state index contributed by atoms with van der Waals surface area (Å²) in [5.41, 5.74) is 27.2. The van der Waals surface area contributed by atoms with Gasteiger partial charge in [-0.25, -0.2) is 8.78 Å². The molecule has 0 fully saturated rings. The summed E-state index contributed by atoms with van der Waals surface area (Å²) < 4.78 is 190. The van der Waals surface area contributed by atoms with Crippen LogP contribution in [0.1, 0.15) is 187 Å². The number of hydrogen-bond acceptors (Lipinski definition) is 9. The van der Waals surface area contributed by atoms with Crippen molar-refractivity contribution >= 4 is 5.78 Å². The van der Waals surface area contributed by atoms with Crippen molar-refractivity contribution in [2.24, 2.45) is 28.3 Å². The molecule has 0 aliphatic carbocycles. The van der Waals surface area contributed by atoms with Crippen LogP contribution in [-0.2, 0) is 52.1 Å². The van der Waals surface area contributed by atoms with E-state index in [1.54, 1.807) is 18.2 Å². The first kappa shape index (κ1) is 79.6. The Labute approximate surface area is 505 Å². The maximum absolute atomic E-state index is 13.3. The predicted molar refractivity (Wildman–Crippen MR) is 314 cm³/mol. The molecule has 0 heterocycles. The Morgan fingerprint density at radius 2 is 0.655 bits per heavy atom. The summed E-state index contributed by atoms with van der Waals surface area (Å²) in [6.45, 7) is 31.4. The molecule has 4 aromatic rings. The summed E-state index contributed by atoms with van der Waals surface area (Å²) in [6.07, 6.45) is -15.1. The van der Waals surface area contributed by atoms with Gasteiger partial charge in [-0.15, -0.1) is 52.7 Å². The largest absolute Gasteiger partial charge is 0.573 e. The van der Waals surface area contributed by atoms with Crippen molar-refractivity contribution in [3.8, 4) is 23.0 Å². The quantitative estimate of drug-likeness (QED) is 0.0632. The van der Waals surface area contributed by atoms with Gasteiger partial charge in [-0.2, -0.15) is 0 Å². The standard InChI is InChI=1S/2C17H26F3NO.C15H20F5NO.C15H20F3NO2/c1-15(2,3)14-7-6-13(22-17(18,19)20)10-12(14)8-9-16(4,5)11-21;1-15(2,3)14-9-8-13(22-17(18,19)20)11-12(14)7-6-10-16(4,5)21;1-13(2,3)12-5-4-11(22-15(18,19)20)8-10(12)6-7-14(16,17)9-21;1-14(2,3)13-7-6-12(21-15(16,17)18)8-10(13)4-5-11(20)9-19/h6-7,10H,8-9,11,21H2,1-5H3;8-9,11H,6-7,10,21H2,1-5H3;4-5,8H,6-7,9,21H2,1-3H3;6-8H,4-5,9,19H2,1-3H3. The van der Waals surface area contributed by atoms with E-state index in [0.29, 0.717) is 42.5 Å². The van der Waals surface area contributed by atoms with Crippen LogP contribution in [-0.4, -0.2) is 62.3 Å². The lowest BCUT2D eigenvalue weighted by atomic mass is 9.80. The first-order valence-corrected chi connectivity index (χ1v) is 28.3. The molecule has 0 aromatic heterocycles. The van der Waals surface area contributed by atoms with Gasteiger partial charge in [0.25, 0.3) is 5.92 Å². The Kier molecular flexibility index (Phi) is 28.7. The monoisotopic (exact) mass is 1260 g/mol. The number of rotatable bonds is 20. The molecule has 0 amide bonds. The number of ketones is 1. The summed E-state index contributed by atoms with van der Waals surface area (Å²) in [5, 5.41) is 0. The van der Waals surface area contributed by atoms with Crippen molar-refractivity contribution < 1.29 is 85.2 Å². The maximum atomic E-state index is 13.3. The fourth-order valence-corrected chi connectivity index (χ4v) is 8.93. The van der Waals surface area contributed by atoms with E-state index < -0.39 is 50.1 Å². The summed E-state index contributed by atoms with van der Waals surface area (Å²) in [4.78, 5) is 11.3. The Morgan fingerprint density at radius 3 is 0.897 bits per heavy atom. The molecule has 9 nitrogen and oxygen atoms in total. The average Bonchev–Trinajstić information content (AvgIpc) is 1.47. The van der Waals surface area contributed by atoms with Gasteiger partial charge in [-0.3, -0.25) is 4.79 Å². The van der Waals surface area contributed by atoms with Crippen molar-refractivity contribution in [2.75, 3.05) is 19.6 Å². The summed E-state index contributed by atoms with van der Waals surface area (Å²) >= 11 is 0. The van der Waals surface area contributed by atoms with Crippen LogP contribution in [0, 0.1) is 5.41 Å². The lowest BCUT2D eigenvalue weighted by Crippen LogP contribution is -2.31. The van der Waals surface area contributed by atoms with Gasteiger partial charge in [0.1, 0.15) is 28.8 Å². The van der Waals surface area contributed by atoms with Gasteiger partial charge in [0.2, 0.25) is 0 Å². The van der Waals surface area contributed by atoms with Gasteiger partial charge in [-0.05, 0) is 185 Å². The van der Waals surface area contributed by atoms with Gasteiger partial charge in [-0.1, -0.05) is 121 Å². The molecule has 0 saturated carbocycles. The fraction of sp³-hybridized carbons (Fsp3) is 0.609. The van der Waals surface area contributed by atoms with E-state index in [4.69, 9.17) is 22.9 Å². The summed E-state index contributed by atoms with van der Waals surface area (Å²) in [7, 11) is 0. The summed E-state index contributed by atoms with van der Waals surface area (Å²) in [5.74, 6) is -4.19. The Morgan fingerprint density at radius 1 is 0.379 bits per heavy atom. The Balaban J connectivity index is 0.000000580. The third-order valence-electron chi connectivity index (χ3n) is 13.3. The first-order chi connectivity index (χ1) is 39.0. The lowest BCUT2D eigenvalue weighted by molar-refractivity contribution is -0.275. The van der Waals surface area contributed by atoms with E-state index in [1.165, 1.54) is 54.6 Å². The third-order valence-corrected chi connectivity index (χ3v) is 13.3. The molecule has 496 valence electrons. The van der Waals surface area contributed by atoms with E-state index in [0.717, 1.165) is 47.1 Å². The van der Waals surface area contributed by atoms with Gasteiger partial charge in [0.15, 0.2) is 0 Å². The van der Waals surface area contributed by atoms with Crippen LogP contribution in [0.5, 0.6) is 23.0 Å². The zero-order valence-corrected chi connectivity index (χ0v) is 53.1. The molecule has 8 N–H and O–H groups in total. The zero-order valence-electron chi connectivity index (χ0n) is 53.1. The minimum absolute atomic E-state index is 0.0456. The van der Waals surface area contributed by atoms with E-state index in [1.807, 2.05) is 96.9 Å². The SMILES string of the molecule is CC(C)(C)c1ccc(OC(F)(F)F)cc1CCC(=O)CN.CC(C)(C)c1ccc(OC(F)(F)F)cc1CCC(F)(F)CN.CC(C)(CN)CCc1cc(OC(F)(F)F)ccc1C(C)(C)C.CC(C)(N)CCCc1cc(OC(F)(F)F)ccc1C(C)(C)C. The molecule has 0 radical (unpaired) electrons. The number of carbonyl (C=O) groups is 1. The van der Waals surface area contributed by atoms with Gasteiger partial charge < -0.3 is 41.9 Å². The molecule has 0 atom stereocenters. The van der Waals surface area contributed by atoms with Gasteiger partial charge in [0.05, 0.1) is 13.1 Å². The Bertz CT molecular complexity index is 2660. The molecule has 0 aliphatic heterocycles. The number of benzene rings is 4. The molecule has 0 bridgehead atoms. The van der Waals surface area contributed by atoms with Crippen LogP contribution in [0.25, 0.3) is 0 Å². The number of aryl methyl sites for hydroxylation is 4. The lowest BCUT2D eigenvalue weighted by Gasteiger charge is -2.27. The third kappa shape index (κ3) is 33.1. The smallest absolute Gasteiger partial charge is 0.406 e. The highest BCUT2D eigenvalue weighted by Crippen LogP contribution is 2.38. The molecular weight excluding hydrogens is 1170 g/mol. The number of hydrogen-bond donors (Lipinski definition) is 4. The van der Waals surface area contributed by atoms with Crippen LogP contribution < -0.4 is 41.9 Å². The molecule has 0 saturated heterocycles. The molecule has 0 unspecified atom stereocenters. The van der Waals surface area contributed by atoms with Gasteiger partial charge >= 0.3 is 25.4 Å². The van der Waals surface area contributed by atoms with Crippen LogP contribution in [0.3, 0.4) is 0 Å². The van der Waals surface area contributed by atoms with Crippen molar-refractivity contribution in [1.29, 1.82) is 0 Å². The number of carbonyl (C=O) groups excluding carboxylic acids is 1. The van der Waals surface area contributed by atoms with E-state index >= 15 is 0 Å². The minimum Gasteiger partial charge on any atom is -0.406 e. The highest BCUT2D eigenvalue weighted by molar-refractivity contribution is 5.80. The molecule has 87 heavy (non-hydrogen) atoms. The number of nitrogens with two attached hydrogens (primary N) is 4. The Hall–Kier alpha value is -5.39. The first-order valence-electron chi connectivity index (χ1n) is 28.3. The van der Waals surface area contributed by atoms with Crippen LogP contribution in [0.2, 0.25) is 0 Å². The van der Waals surface area contributed by atoms with Crippen LogP contribution >= 0.6 is 0 Å². The normalized spacial score (nSPS) is 13.1. The van der Waals surface area contributed by atoms with E-state index in [9.17, 15) is 66.3 Å². The molecule has 23 heteroatoms. The summed E-state index contributed by atoms with van der Waals surface area (Å²) in [6, 6.07) is 17.3. The van der Waals surface area contributed by atoms with Crippen molar-refractivity contribution in [3.63, 3.8) is 0 Å². The minimum atomic E-state index is -4.82. The van der Waals surface area contributed by atoms with Crippen molar-refractivity contribution in [2.45, 2.75) is 227 Å². The number of Topliss-reactive ketones (excluding diaryl/α,β-unsaturated/α-hetero) is 1. The van der Waals surface area contributed by atoms with Crippen molar-refractivity contribution in [3.05, 3.63) is 117 Å². The van der Waals surface area contributed by atoms with Crippen LogP contribution in [0.4, 0.5) is 61.5 Å². The zero-order chi connectivity index (χ0) is 67.8. The highest BCUT2D eigenvalue weighted by Gasteiger charge is 2.36. The van der Waals surface area contributed by atoms with Gasteiger partial charge in [0, 0.05) is 18.4 Å². The fourth-order valence-electron chi connectivity index (χ4n) is 8.93. The highest BCUT2D eigenvalue weighted by atomic mass is 19.4. The second-order valence-electron chi connectivity index (χ2n) is 27.0. The van der Waals surface area contributed by atoms with E-state index in [-0.39, 0.29) is 75.0 Å². The molecular formula is C64H92F14N4O5. The second-order valence-corrected chi connectivity index (χ2v) is 27.0. The number of halogens is 14. The topological polar surface area (TPSA) is 158 Å². The average molecular weight is 1260 g/mol. The predicted octanol–water partition coefficient (Wildman–Crippen LogP) is 17.5.